The Morgan fingerprint density at radius 1 is 1.35 bits per heavy atom. The summed E-state index contributed by atoms with van der Waals surface area (Å²) in [5.74, 6) is 3.01. The highest BCUT2D eigenvalue weighted by molar-refractivity contribution is 7.99. The Morgan fingerprint density at radius 2 is 2.12 bits per heavy atom. The van der Waals surface area contributed by atoms with Gasteiger partial charge in [-0.25, -0.2) is 4.98 Å². The zero-order valence-electron chi connectivity index (χ0n) is 9.40. The van der Waals surface area contributed by atoms with Crippen LogP contribution in [0.4, 0.5) is 5.95 Å². The number of imidazole rings is 1. The van der Waals surface area contributed by atoms with Crippen molar-refractivity contribution >= 4 is 40.3 Å². The van der Waals surface area contributed by atoms with Crippen molar-refractivity contribution in [2.45, 2.75) is 18.9 Å². The predicted molar refractivity (Wildman–Crippen MR) is 74.8 cm³/mol. The van der Waals surface area contributed by atoms with Crippen LogP contribution in [0.2, 0.25) is 5.02 Å². The molecule has 1 aliphatic heterocycles. The summed E-state index contributed by atoms with van der Waals surface area (Å²) < 4.78 is 2.15. The monoisotopic (exact) mass is 267 g/mol. The molecule has 0 spiro atoms. The maximum Gasteiger partial charge on any atom is 0.201 e. The molecule has 2 N–H and O–H groups in total. The molecule has 0 aliphatic carbocycles. The Labute approximate surface area is 109 Å². The van der Waals surface area contributed by atoms with Crippen molar-refractivity contribution in [3.8, 4) is 0 Å². The van der Waals surface area contributed by atoms with E-state index in [-0.39, 0.29) is 0 Å². The van der Waals surface area contributed by atoms with Crippen molar-refractivity contribution < 1.29 is 0 Å². The van der Waals surface area contributed by atoms with E-state index in [0.29, 0.717) is 12.0 Å². The number of aromatic nitrogens is 2. The predicted octanol–water partition coefficient (Wildman–Crippen LogP) is 3.34. The molecule has 2 aromatic rings. The summed E-state index contributed by atoms with van der Waals surface area (Å²) in [5, 5.41) is 0.740. The van der Waals surface area contributed by atoms with E-state index in [4.69, 9.17) is 17.3 Å². The quantitative estimate of drug-likeness (QED) is 0.862. The summed E-state index contributed by atoms with van der Waals surface area (Å²) in [6, 6.07) is 6.22. The third kappa shape index (κ3) is 2.00. The van der Waals surface area contributed by atoms with Crippen LogP contribution >= 0.6 is 23.4 Å². The molecule has 3 rings (SSSR count). The van der Waals surface area contributed by atoms with Crippen LogP contribution in [-0.2, 0) is 0 Å². The van der Waals surface area contributed by atoms with Gasteiger partial charge in [-0.2, -0.15) is 11.8 Å². The standard InChI is InChI=1S/C12H14ClN3S/c13-8-1-2-10-11(7-8)16(12(14)15-10)9-3-5-17-6-4-9/h1-2,7,9H,3-6H2,(H2,14,15). The first-order chi connectivity index (χ1) is 8.25. The third-order valence-electron chi connectivity index (χ3n) is 3.23. The van der Waals surface area contributed by atoms with E-state index in [1.54, 1.807) is 0 Å². The van der Waals surface area contributed by atoms with Crippen LogP contribution in [0.15, 0.2) is 18.2 Å². The summed E-state index contributed by atoms with van der Waals surface area (Å²) >= 11 is 8.06. The number of thioether (sulfide) groups is 1. The molecular formula is C12H14ClN3S. The number of anilines is 1. The molecule has 0 atom stereocenters. The second-order valence-corrected chi connectivity index (χ2v) is 5.98. The number of rotatable bonds is 1. The van der Waals surface area contributed by atoms with Gasteiger partial charge in [-0.1, -0.05) is 11.6 Å². The minimum atomic E-state index is 0.472. The van der Waals surface area contributed by atoms with Crippen LogP contribution in [0.5, 0.6) is 0 Å². The van der Waals surface area contributed by atoms with Crippen LogP contribution in [0.3, 0.4) is 0 Å². The Hall–Kier alpha value is -0.870. The van der Waals surface area contributed by atoms with Crippen LogP contribution in [0.1, 0.15) is 18.9 Å². The minimum Gasteiger partial charge on any atom is -0.369 e. The molecule has 0 unspecified atom stereocenters. The average Bonchev–Trinajstić information content (AvgIpc) is 2.65. The van der Waals surface area contributed by atoms with E-state index >= 15 is 0 Å². The summed E-state index contributed by atoms with van der Waals surface area (Å²) in [4.78, 5) is 4.40. The lowest BCUT2D eigenvalue weighted by Crippen LogP contribution is -2.17. The zero-order chi connectivity index (χ0) is 11.8. The molecule has 2 heterocycles. The Balaban J connectivity index is 2.13. The number of nitrogens with zero attached hydrogens (tertiary/aromatic N) is 2. The number of nitrogens with two attached hydrogens (primary N) is 1. The minimum absolute atomic E-state index is 0.472. The molecule has 1 aliphatic rings. The number of hydrogen-bond donors (Lipinski definition) is 1. The second-order valence-electron chi connectivity index (χ2n) is 4.32. The van der Waals surface area contributed by atoms with Crippen LogP contribution in [-0.4, -0.2) is 21.1 Å². The van der Waals surface area contributed by atoms with E-state index in [9.17, 15) is 0 Å². The normalized spacial score (nSPS) is 17.7. The number of hydrogen-bond acceptors (Lipinski definition) is 3. The van der Waals surface area contributed by atoms with Crippen molar-refractivity contribution in [3.63, 3.8) is 0 Å². The van der Waals surface area contributed by atoms with Crippen molar-refractivity contribution in [2.75, 3.05) is 17.2 Å². The van der Waals surface area contributed by atoms with E-state index in [0.717, 1.165) is 28.9 Å². The fourth-order valence-electron chi connectivity index (χ4n) is 2.41. The van der Waals surface area contributed by atoms with Crippen molar-refractivity contribution in [2.24, 2.45) is 0 Å². The van der Waals surface area contributed by atoms with Gasteiger partial charge < -0.3 is 10.3 Å². The van der Waals surface area contributed by atoms with E-state index < -0.39 is 0 Å². The number of halogens is 1. The smallest absolute Gasteiger partial charge is 0.201 e. The van der Waals surface area contributed by atoms with Crippen LogP contribution in [0, 0.1) is 0 Å². The van der Waals surface area contributed by atoms with Gasteiger partial charge in [0.25, 0.3) is 0 Å². The molecule has 1 aromatic carbocycles. The second kappa shape index (κ2) is 4.42. The highest BCUT2D eigenvalue weighted by Gasteiger charge is 2.20. The topological polar surface area (TPSA) is 43.8 Å². The average molecular weight is 268 g/mol. The highest BCUT2D eigenvalue weighted by Crippen LogP contribution is 2.33. The molecule has 3 nitrogen and oxygen atoms in total. The lowest BCUT2D eigenvalue weighted by atomic mass is 10.1. The van der Waals surface area contributed by atoms with Gasteiger partial charge in [0.2, 0.25) is 5.95 Å². The summed E-state index contributed by atoms with van der Waals surface area (Å²) in [7, 11) is 0. The van der Waals surface area contributed by atoms with Gasteiger partial charge in [-0.05, 0) is 42.5 Å². The third-order valence-corrected chi connectivity index (χ3v) is 4.52. The van der Waals surface area contributed by atoms with Crippen LogP contribution < -0.4 is 5.73 Å². The molecule has 17 heavy (non-hydrogen) atoms. The molecule has 1 fully saturated rings. The van der Waals surface area contributed by atoms with Gasteiger partial charge in [-0.3, -0.25) is 0 Å². The van der Waals surface area contributed by atoms with Gasteiger partial charge in [0.05, 0.1) is 11.0 Å². The Bertz CT molecular complexity index is 546. The highest BCUT2D eigenvalue weighted by atomic mass is 35.5. The van der Waals surface area contributed by atoms with Crippen molar-refractivity contribution in [1.29, 1.82) is 0 Å². The summed E-state index contributed by atoms with van der Waals surface area (Å²) in [6.07, 6.45) is 2.32. The maximum atomic E-state index is 6.05. The van der Waals surface area contributed by atoms with E-state index in [2.05, 4.69) is 9.55 Å². The lowest BCUT2D eigenvalue weighted by molar-refractivity contribution is 0.487. The zero-order valence-corrected chi connectivity index (χ0v) is 11.0. The van der Waals surface area contributed by atoms with Gasteiger partial charge in [0, 0.05) is 11.1 Å². The Morgan fingerprint density at radius 3 is 2.88 bits per heavy atom. The summed E-state index contributed by atoms with van der Waals surface area (Å²) in [5.41, 5.74) is 8.03. The van der Waals surface area contributed by atoms with Gasteiger partial charge in [0.15, 0.2) is 0 Å². The molecule has 5 heteroatoms. The molecule has 1 aromatic heterocycles. The molecular weight excluding hydrogens is 254 g/mol. The first kappa shape index (κ1) is 11.2. The van der Waals surface area contributed by atoms with Gasteiger partial charge in [0.1, 0.15) is 0 Å². The maximum absolute atomic E-state index is 6.05. The first-order valence-corrected chi connectivity index (χ1v) is 7.29. The van der Waals surface area contributed by atoms with Gasteiger partial charge in [-0.15, -0.1) is 0 Å². The number of fused-ring (bicyclic) bond motifs is 1. The van der Waals surface area contributed by atoms with Gasteiger partial charge >= 0.3 is 0 Å². The largest absolute Gasteiger partial charge is 0.369 e. The Kier molecular flexibility index (Phi) is 2.92. The lowest BCUT2D eigenvalue weighted by Gasteiger charge is -2.24. The molecule has 90 valence electrons. The first-order valence-electron chi connectivity index (χ1n) is 5.76. The molecule has 0 bridgehead atoms. The number of benzene rings is 1. The van der Waals surface area contributed by atoms with Crippen molar-refractivity contribution in [1.82, 2.24) is 9.55 Å². The van der Waals surface area contributed by atoms with E-state index in [1.165, 1.54) is 11.5 Å². The van der Waals surface area contributed by atoms with Crippen LogP contribution in [0.25, 0.3) is 11.0 Å². The molecule has 0 saturated carbocycles. The summed E-state index contributed by atoms with van der Waals surface area (Å²) in [6.45, 7) is 0. The molecule has 0 radical (unpaired) electrons. The fourth-order valence-corrected chi connectivity index (χ4v) is 3.66. The number of nitrogen functional groups attached to an aromatic ring is 1. The molecule has 1 saturated heterocycles. The van der Waals surface area contributed by atoms with Crippen molar-refractivity contribution in [3.05, 3.63) is 23.2 Å². The van der Waals surface area contributed by atoms with E-state index in [1.807, 2.05) is 30.0 Å². The molecule has 0 amide bonds. The SMILES string of the molecule is Nc1nc2ccc(Cl)cc2n1C1CCSCC1. The fraction of sp³-hybridized carbons (Fsp3) is 0.417.